The Morgan fingerprint density at radius 3 is 2.35 bits per heavy atom. The number of benzene rings is 3. The van der Waals surface area contributed by atoms with E-state index in [1.54, 1.807) is 12.1 Å². The lowest BCUT2D eigenvalue weighted by molar-refractivity contribution is -0.120. The number of anilines is 1. The van der Waals surface area contributed by atoms with E-state index in [2.05, 4.69) is 5.32 Å². The zero-order chi connectivity index (χ0) is 21.8. The van der Waals surface area contributed by atoms with E-state index in [0.717, 1.165) is 28.8 Å². The van der Waals surface area contributed by atoms with Crippen molar-refractivity contribution in [3.63, 3.8) is 0 Å². The number of nitrogens with zero attached hydrogens (tertiary/aromatic N) is 1. The third kappa shape index (κ3) is 5.13. The molecular weight excluding hydrogens is 410 g/mol. The first kappa shape index (κ1) is 21.1. The molecule has 3 N–H and O–H groups in total. The summed E-state index contributed by atoms with van der Waals surface area (Å²) in [6, 6.07) is 24.6. The highest BCUT2D eigenvalue weighted by atomic mass is 32.2. The lowest BCUT2D eigenvalue weighted by Gasteiger charge is -2.23. The molecule has 0 bridgehead atoms. The van der Waals surface area contributed by atoms with Gasteiger partial charge in [0.05, 0.1) is 17.5 Å². The van der Waals surface area contributed by atoms with Crippen LogP contribution in [0.3, 0.4) is 0 Å². The molecule has 0 saturated carbocycles. The monoisotopic (exact) mass is 435 g/mol. The molecule has 0 aliphatic carbocycles. The fraction of sp³-hybridized carbons (Fsp3) is 0.208. The minimum atomic E-state index is -3.79. The van der Waals surface area contributed by atoms with Crippen LogP contribution in [-0.2, 0) is 27.7 Å². The van der Waals surface area contributed by atoms with E-state index in [4.69, 9.17) is 5.14 Å². The Labute approximate surface area is 182 Å². The predicted octanol–water partition coefficient (Wildman–Crippen LogP) is 2.80. The van der Waals surface area contributed by atoms with Crippen LogP contribution in [0.2, 0.25) is 0 Å². The van der Waals surface area contributed by atoms with E-state index in [0.29, 0.717) is 13.0 Å². The Kier molecular flexibility index (Phi) is 6.06. The summed E-state index contributed by atoms with van der Waals surface area (Å²) in [6.45, 7) is 0.810. The molecule has 0 fully saturated rings. The van der Waals surface area contributed by atoms with Crippen LogP contribution in [0.25, 0.3) is 0 Å². The van der Waals surface area contributed by atoms with Crippen molar-refractivity contribution in [2.75, 3.05) is 18.0 Å². The van der Waals surface area contributed by atoms with Crippen molar-refractivity contribution in [1.29, 1.82) is 0 Å². The molecule has 3 aromatic carbocycles. The number of nitrogens with one attached hydrogen (secondary N) is 1. The van der Waals surface area contributed by atoms with E-state index in [9.17, 15) is 13.2 Å². The molecule has 6 nitrogen and oxygen atoms in total. The summed E-state index contributed by atoms with van der Waals surface area (Å²) in [5, 5.41) is 8.44. The third-order valence-corrected chi connectivity index (χ3v) is 6.44. The van der Waals surface area contributed by atoms with Crippen LogP contribution in [-0.4, -0.2) is 27.4 Å². The lowest BCUT2D eigenvalue weighted by Crippen LogP contribution is -2.39. The molecule has 0 spiro atoms. The Morgan fingerprint density at radius 1 is 1.00 bits per heavy atom. The third-order valence-electron chi connectivity index (χ3n) is 5.53. The smallest absolute Gasteiger partial charge is 0.240 e. The lowest BCUT2D eigenvalue weighted by atomic mass is 9.99. The maximum atomic E-state index is 13.0. The van der Waals surface area contributed by atoms with Gasteiger partial charge in [-0.3, -0.25) is 4.79 Å². The summed E-state index contributed by atoms with van der Waals surface area (Å²) in [5.41, 5.74) is 3.95. The maximum absolute atomic E-state index is 13.0. The first-order valence-electron chi connectivity index (χ1n) is 10.2. The number of carbonyl (C=O) groups excluding carboxylic acids is 1. The molecule has 31 heavy (non-hydrogen) atoms. The van der Waals surface area contributed by atoms with Crippen molar-refractivity contribution in [1.82, 2.24) is 5.32 Å². The number of fused-ring (bicyclic) bond motifs is 1. The number of hydrogen-bond acceptors (Lipinski definition) is 4. The van der Waals surface area contributed by atoms with Gasteiger partial charge < -0.3 is 10.2 Å². The summed E-state index contributed by atoms with van der Waals surface area (Å²) in [6.07, 6.45) is 1.45. The van der Waals surface area contributed by atoms with E-state index >= 15 is 0 Å². The molecule has 0 aromatic heterocycles. The van der Waals surface area contributed by atoms with Gasteiger partial charge in [-0.2, -0.15) is 0 Å². The van der Waals surface area contributed by atoms with Crippen LogP contribution in [0.1, 0.15) is 22.7 Å². The predicted molar refractivity (Wildman–Crippen MR) is 121 cm³/mol. The highest BCUT2D eigenvalue weighted by molar-refractivity contribution is 7.89. The average Bonchev–Trinajstić information content (AvgIpc) is 3.16. The fourth-order valence-electron chi connectivity index (χ4n) is 3.97. The van der Waals surface area contributed by atoms with E-state index < -0.39 is 10.0 Å². The normalized spacial score (nSPS) is 14.2. The standard InChI is InChI=1S/C24H25N3O3S/c25-31(29,30)21-12-11-20-13-14-27(23(20)16-21)17-24(28)26-22(19-9-5-2-6-10-19)15-18-7-3-1-4-8-18/h1-12,16,22H,13-15,17H2,(H,26,28)(H2,25,29,30). The molecule has 4 rings (SSSR count). The van der Waals surface area contributed by atoms with Crippen molar-refractivity contribution in [2.24, 2.45) is 5.14 Å². The van der Waals surface area contributed by atoms with Gasteiger partial charge in [0.15, 0.2) is 0 Å². The van der Waals surface area contributed by atoms with Crippen molar-refractivity contribution in [3.8, 4) is 0 Å². The molecule has 1 aliphatic rings. The molecule has 1 aliphatic heterocycles. The average molecular weight is 436 g/mol. The molecule has 0 saturated heterocycles. The number of carbonyl (C=O) groups is 1. The van der Waals surface area contributed by atoms with E-state index in [-0.39, 0.29) is 23.4 Å². The van der Waals surface area contributed by atoms with E-state index in [1.807, 2.05) is 65.6 Å². The molecule has 1 unspecified atom stereocenters. The van der Waals surface area contributed by atoms with Gasteiger partial charge >= 0.3 is 0 Å². The molecule has 3 aromatic rings. The van der Waals surface area contributed by atoms with E-state index in [1.165, 1.54) is 6.07 Å². The second kappa shape index (κ2) is 8.91. The van der Waals surface area contributed by atoms with Crippen molar-refractivity contribution in [3.05, 3.63) is 95.6 Å². The van der Waals surface area contributed by atoms with Crippen molar-refractivity contribution in [2.45, 2.75) is 23.8 Å². The summed E-state index contributed by atoms with van der Waals surface area (Å²) >= 11 is 0. The fourth-order valence-corrected chi connectivity index (χ4v) is 4.50. The molecule has 1 heterocycles. The van der Waals surface area contributed by atoms with Crippen LogP contribution in [0, 0.1) is 0 Å². The first-order chi connectivity index (χ1) is 14.9. The van der Waals surface area contributed by atoms with Gasteiger partial charge in [-0.15, -0.1) is 0 Å². The zero-order valence-electron chi connectivity index (χ0n) is 17.1. The second-order valence-corrected chi connectivity index (χ2v) is 9.29. The number of hydrogen-bond donors (Lipinski definition) is 2. The zero-order valence-corrected chi connectivity index (χ0v) is 17.9. The Balaban J connectivity index is 1.50. The van der Waals surface area contributed by atoms with Crippen LogP contribution in [0.15, 0.2) is 83.8 Å². The minimum Gasteiger partial charge on any atom is -0.362 e. The number of rotatable bonds is 7. The second-order valence-electron chi connectivity index (χ2n) is 7.73. The van der Waals surface area contributed by atoms with Gasteiger partial charge in [-0.05, 0) is 41.7 Å². The van der Waals surface area contributed by atoms with Crippen LogP contribution < -0.4 is 15.4 Å². The largest absolute Gasteiger partial charge is 0.362 e. The minimum absolute atomic E-state index is 0.0600. The van der Waals surface area contributed by atoms with Crippen LogP contribution >= 0.6 is 0 Å². The topological polar surface area (TPSA) is 92.5 Å². The SMILES string of the molecule is NS(=O)(=O)c1ccc2c(c1)N(CC(=O)NC(Cc1ccccc1)c1ccccc1)CC2. The molecule has 0 radical (unpaired) electrons. The van der Waals surface area contributed by atoms with Gasteiger partial charge in [-0.25, -0.2) is 13.6 Å². The summed E-state index contributed by atoms with van der Waals surface area (Å²) < 4.78 is 23.4. The highest BCUT2D eigenvalue weighted by Gasteiger charge is 2.24. The molecule has 7 heteroatoms. The van der Waals surface area contributed by atoms with Crippen molar-refractivity contribution >= 4 is 21.6 Å². The van der Waals surface area contributed by atoms with Crippen LogP contribution in [0.5, 0.6) is 0 Å². The van der Waals surface area contributed by atoms with Gasteiger partial charge in [0.25, 0.3) is 0 Å². The van der Waals surface area contributed by atoms with Crippen LogP contribution in [0.4, 0.5) is 5.69 Å². The van der Waals surface area contributed by atoms with Gasteiger partial charge in [0.1, 0.15) is 0 Å². The molecular formula is C24H25N3O3S. The Hall–Kier alpha value is -3.16. The van der Waals surface area contributed by atoms with Gasteiger partial charge in [-0.1, -0.05) is 66.7 Å². The highest BCUT2D eigenvalue weighted by Crippen LogP contribution is 2.30. The molecule has 1 atom stereocenters. The summed E-state index contributed by atoms with van der Waals surface area (Å²) in [4.78, 5) is 14.9. The van der Waals surface area contributed by atoms with Gasteiger partial charge in [0, 0.05) is 12.2 Å². The Morgan fingerprint density at radius 2 is 1.68 bits per heavy atom. The summed E-state index contributed by atoms with van der Waals surface area (Å²) in [7, 11) is -3.79. The molecule has 160 valence electrons. The quantitative estimate of drug-likeness (QED) is 0.597. The first-order valence-corrected chi connectivity index (χ1v) is 11.7. The molecule has 1 amide bonds. The maximum Gasteiger partial charge on any atom is 0.240 e. The number of sulfonamides is 1. The van der Waals surface area contributed by atoms with Gasteiger partial charge in [0.2, 0.25) is 15.9 Å². The number of nitrogens with two attached hydrogens (primary N) is 1. The number of primary sulfonamides is 1. The van der Waals surface area contributed by atoms with Crippen molar-refractivity contribution < 1.29 is 13.2 Å². The number of amides is 1. The summed E-state index contributed by atoms with van der Waals surface area (Å²) in [5.74, 6) is -0.112. The Bertz CT molecular complexity index is 1170.